The number of aliphatic carboxylic acids is 1. The normalized spacial score (nSPS) is 29.7. The van der Waals surface area contributed by atoms with Crippen LogP contribution in [0, 0.1) is 5.92 Å². The molecule has 1 unspecified atom stereocenters. The zero-order valence-corrected chi connectivity index (χ0v) is 13.0. The van der Waals surface area contributed by atoms with E-state index in [4.69, 9.17) is 5.11 Å². The predicted octanol–water partition coefficient (Wildman–Crippen LogP) is 1.37. The Balaban J connectivity index is 1.80. The van der Waals surface area contributed by atoms with Crippen LogP contribution in [0.25, 0.3) is 0 Å². The van der Waals surface area contributed by atoms with Gasteiger partial charge in [-0.25, -0.2) is 4.79 Å². The van der Waals surface area contributed by atoms with Crippen LogP contribution in [0.3, 0.4) is 0 Å². The zero-order chi connectivity index (χ0) is 15.4. The largest absolute Gasteiger partial charge is 0.481 e. The summed E-state index contributed by atoms with van der Waals surface area (Å²) in [6, 6.07) is 0.460. The highest BCUT2D eigenvalue weighted by Gasteiger charge is 2.32. The van der Waals surface area contributed by atoms with Gasteiger partial charge in [-0.15, -0.1) is 0 Å². The number of rotatable bonds is 4. The number of carbonyl (C=O) groups excluding carboxylic acids is 1. The van der Waals surface area contributed by atoms with Gasteiger partial charge in [0.25, 0.3) is 0 Å². The average molecular weight is 297 g/mol. The second-order valence-corrected chi connectivity index (χ2v) is 6.59. The number of likely N-dealkylation sites (N-methyl/N-ethyl adjacent to an activating group) is 1. The lowest BCUT2D eigenvalue weighted by Crippen LogP contribution is -2.50. The van der Waals surface area contributed by atoms with E-state index in [1.165, 1.54) is 0 Å². The fraction of sp³-hybridized carbons (Fsp3) is 0.867. The van der Waals surface area contributed by atoms with E-state index in [0.717, 1.165) is 38.8 Å². The van der Waals surface area contributed by atoms with Crippen molar-refractivity contribution in [3.05, 3.63) is 0 Å². The molecule has 1 saturated carbocycles. The Kier molecular flexibility index (Phi) is 5.45. The molecule has 0 aromatic heterocycles. The second kappa shape index (κ2) is 7.11. The lowest BCUT2D eigenvalue weighted by Gasteiger charge is -2.31. The minimum Gasteiger partial charge on any atom is -0.481 e. The van der Waals surface area contributed by atoms with Crippen LogP contribution >= 0.6 is 0 Å². The van der Waals surface area contributed by atoms with Crippen molar-refractivity contribution in [2.45, 2.75) is 50.6 Å². The highest BCUT2D eigenvalue weighted by Crippen LogP contribution is 2.25. The van der Waals surface area contributed by atoms with E-state index in [2.05, 4.69) is 10.2 Å². The molecule has 0 spiro atoms. The minimum absolute atomic E-state index is 0.0260. The summed E-state index contributed by atoms with van der Waals surface area (Å²) >= 11 is 0. The molecule has 2 aliphatic rings. The third kappa shape index (κ3) is 4.33. The zero-order valence-electron chi connectivity index (χ0n) is 13.0. The summed E-state index contributed by atoms with van der Waals surface area (Å²) in [7, 11) is 4.06. The Morgan fingerprint density at radius 1 is 1.19 bits per heavy atom. The number of urea groups is 1. The molecule has 6 nitrogen and oxygen atoms in total. The van der Waals surface area contributed by atoms with Crippen molar-refractivity contribution in [3.63, 3.8) is 0 Å². The molecule has 1 atom stereocenters. The van der Waals surface area contributed by atoms with Gasteiger partial charge in [0.05, 0.1) is 5.92 Å². The summed E-state index contributed by atoms with van der Waals surface area (Å²) in [4.78, 5) is 27.4. The van der Waals surface area contributed by atoms with Crippen molar-refractivity contribution in [2.24, 2.45) is 5.92 Å². The number of hydrogen-bond donors (Lipinski definition) is 2. The van der Waals surface area contributed by atoms with Crippen LogP contribution < -0.4 is 5.32 Å². The van der Waals surface area contributed by atoms with Crippen LogP contribution in [0.15, 0.2) is 0 Å². The molecule has 1 aliphatic heterocycles. The van der Waals surface area contributed by atoms with Gasteiger partial charge >= 0.3 is 12.0 Å². The number of likely N-dealkylation sites (tertiary alicyclic amines) is 1. The monoisotopic (exact) mass is 297 g/mol. The van der Waals surface area contributed by atoms with Crippen molar-refractivity contribution in [2.75, 3.05) is 27.2 Å². The molecule has 21 heavy (non-hydrogen) atoms. The summed E-state index contributed by atoms with van der Waals surface area (Å²) in [5.41, 5.74) is 0. The topological polar surface area (TPSA) is 72.9 Å². The average Bonchev–Trinajstić information content (AvgIpc) is 2.86. The number of carboxylic acids is 1. The molecule has 2 rings (SSSR count). The summed E-state index contributed by atoms with van der Waals surface area (Å²) in [5, 5.41) is 12.1. The third-order valence-electron chi connectivity index (χ3n) is 4.62. The van der Waals surface area contributed by atoms with Crippen LogP contribution in [0.5, 0.6) is 0 Å². The predicted molar refractivity (Wildman–Crippen MR) is 80.2 cm³/mol. The lowest BCUT2D eigenvalue weighted by atomic mass is 9.86. The molecule has 0 aromatic rings. The summed E-state index contributed by atoms with van der Waals surface area (Å²) in [6.07, 6.45) is 5.02. The standard InChI is InChI=1S/C15H27N3O3/c1-17(2)10-13-4-3-9-18(13)15(21)16-12-7-5-11(6-8-12)14(19)20/h11-13H,3-10H2,1-2H3,(H,16,21)(H,19,20). The number of nitrogens with zero attached hydrogens (tertiary/aromatic N) is 2. The van der Waals surface area contributed by atoms with Crippen molar-refractivity contribution < 1.29 is 14.7 Å². The summed E-state index contributed by atoms with van der Waals surface area (Å²) < 4.78 is 0. The van der Waals surface area contributed by atoms with Gasteiger partial charge in [-0.05, 0) is 52.6 Å². The van der Waals surface area contributed by atoms with Crippen molar-refractivity contribution in [1.29, 1.82) is 0 Å². The summed E-state index contributed by atoms with van der Waals surface area (Å²) in [5.74, 6) is -0.934. The van der Waals surface area contributed by atoms with Crippen molar-refractivity contribution in [3.8, 4) is 0 Å². The first-order chi connectivity index (χ1) is 9.97. The number of amides is 2. The number of carbonyl (C=O) groups is 2. The maximum atomic E-state index is 12.4. The van der Waals surface area contributed by atoms with E-state index in [-0.39, 0.29) is 18.0 Å². The summed E-state index contributed by atoms with van der Waals surface area (Å²) in [6.45, 7) is 1.73. The highest BCUT2D eigenvalue weighted by atomic mass is 16.4. The maximum absolute atomic E-state index is 12.4. The molecule has 1 saturated heterocycles. The van der Waals surface area contributed by atoms with Crippen LogP contribution in [0.1, 0.15) is 38.5 Å². The van der Waals surface area contributed by atoms with Gasteiger partial charge in [-0.2, -0.15) is 0 Å². The van der Waals surface area contributed by atoms with Crippen molar-refractivity contribution >= 4 is 12.0 Å². The number of carboxylic acid groups (broad SMARTS) is 1. The second-order valence-electron chi connectivity index (χ2n) is 6.59. The smallest absolute Gasteiger partial charge is 0.317 e. The van der Waals surface area contributed by atoms with Gasteiger partial charge in [0.15, 0.2) is 0 Å². The SMILES string of the molecule is CN(C)CC1CCCN1C(=O)NC1CCC(C(=O)O)CC1. The number of hydrogen-bond acceptors (Lipinski definition) is 3. The molecule has 2 fully saturated rings. The Labute approximate surface area is 126 Å². The Morgan fingerprint density at radius 3 is 2.43 bits per heavy atom. The van der Waals surface area contributed by atoms with Gasteiger partial charge < -0.3 is 20.2 Å². The molecule has 1 aliphatic carbocycles. The third-order valence-corrected chi connectivity index (χ3v) is 4.62. The molecule has 0 radical (unpaired) electrons. The van der Waals surface area contributed by atoms with Gasteiger partial charge in [0, 0.05) is 25.2 Å². The Bertz CT molecular complexity index is 378. The molecule has 0 aromatic carbocycles. The van der Waals surface area contributed by atoms with Crippen molar-refractivity contribution in [1.82, 2.24) is 15.1 Å². The van der Waals surface area contributed by atoms with E-state index < -0.39 is 5.97 Å². The van der Waals surface area contributed by atoms with E-state index in [9.17, 15) is 9.59 Å². The molecule has 0 bridgehead atoms. The van der Waals surface area contributed by atoms with Gasteiger partial charge in [0.1, 0.15) is 0 Å². The van der Waals surface area contributed by atoms with E-state index >= 15 is 0 Å². The van der Waals surface area contributed by atoms with E-state index in [0.29, 0.717) is 18.9 Å². The first-order valence-corrected chi connectivity index (χ1v) is 7.92. The molecule has 1 heterocycles. The van der Waals surface area contributed by atoms with Crippen LogP contribution in [0.4, 0.5) is 4.79 Å². The van der Waals surface area contributed by atoms with E-state index in [1.807, 2.05) is 19.0 Å². The Hall–Kier alpha value is -1.30. The molecule has 120 valence electrons. The van der Waals surface area contributed by atoms with Gasteiger partial charge in [0.2, 0.25) is 0 Å². The molecule has 6 heteroatoms. The Morgan fingerprint density at radius 2 is 1.86 bits per heavy atom. The molecular weight excluding hydrogens is 270 g/mol. The quantitative estimate of drug-likeness (QED) is 0.822. The fourth-order valence-corrected chi connectivity index (χ4v) is 3.46. The number of nitrogens with one attached hydrogen (secondary N) is 1. The maximum Gasteiger partial charge on any atom is 0.317 e. The highest BCUT2D eigenvalue weighted by molar-refractivity contribution is 5.75. The lowest BCUT2D eigenvalue weighted by molar-refractivity contribution is -0.142. The van der Waals surface area contributed by atoms with E-state index in [1.54, 1.807) is 0 Å². The first kappa shape index (κ1) is 16.1. The van der Waals surface area contributed by atoms with Crippen LogP contribution in [0.2, 0.25) is 0 Å². The minimum atomic E-state index is -0.703. The first-order valence-electron chi connectivity index (χ1n) is 7.92. The van der Waals surface area contributed by atoms with Gasteiger partial charge in [-0.1, -0.05) is 0 Å². The molecule has 2 N–H and O–H groups in total. The van der Waals surface area contributed by atoms with Crippen LogP contribution in [-0.2, 0) is 4.79 Å². The molecular formula is C15H27N3O3. The van der Waals surface area contributed by atoms with Gasteiger partial charge in [-0.3, -0.25) is 4.79 Å². The fourth-order valence-electron chi connectivity index (χ4n) is 3.46. The van der Waals surface area contributed by atoms with Crippen LogP contribution in [-0.4, -0.2) is 66.2 Å². The molecule has 2 amide bonds.